The van der Waals surface area contributed by atoms with Crippen molar-refractivity contribution < 1.29 is 9.59 Å². The summed E-state index contributed by atoms with van der Waals surface area (Å²) in [5.74, 6) is -0.0812. The first-order valence-corrected chi connectivity index (χ1v) is 6.92. The maximum atomic E-state index is 12.6. The molecule has 1 unspecified atom stereocenters. The quantitative estimate of drug-likeness (QED) is 0.865. The monoisotopic (exact) mass is 278 g/mol. The Labute approximate surface area is 118 Å². The van der Waals surface area contributed by atoms with Gasteiger partial charge in [-0.2, -0.15) is 0 Å². The highest BCUT2D eigenvalue weighted by Crippen LogP contribution is 2.20. The van der Waals surface area contributed by atoms with Gasteiger partial charge in [0.1, 0.15) is 5.69 Å². The van der Waals surface area contributed by atoms with Crippen LogP contribution in [0.25, 0.3) is 0 Å². The van der Waals surface area contributed by atoms with Gasteiger partial charge in [-0.3, -0.25) is 9.59 Å². The Morgan fingerprint density at radius 2 is 2.15 bits per heavy atom. The minimum Gasteiger partial charge on any atom is -0.397 e. The zero-order valence-electron chi connectivity index (χ0n) is 12.2. The second-order valence-corrected chi connectivity index (χ2v) is 5.60. The molecule has 1 atom stereocenters. The van der Waals surface area contributed by atoms with E-state index in [1.807, 2.05) is 18.4 Å². The van der Waals surface area contributed by atoms with E-state index in [2.05, 4.69) is 5.32 Å². The summed E-state index contributed by atoms with van der Waals surface area (Å²) in [4.78, 5) is 25.4. The van der Waals surface area contributed by atoms with Crippen molar-refractivity contribution in [2.24, 2.45) is 0 Å². The molecule has 1 aromatic rings. The molecule has 0 radical (unpaired) electrons. The fourth-order valence-corrected chi connectivity index (χ4v) is 2.61. The lowest BCUT2D eigenvalue weighted by Gasteiger charge is -2.19. The highest BCUT2D eigenvalue weighted by molar-refractivity contribution is 5.94. The van der Waals surface area contributed by atoms with Gasteiger partial charge in [0.25, 0.3) is 5.91 Å². The van der Waals surface area contributed by atoms with E-state index in [1.165, 1.54) is 6.92 Å². The first-order valence-electron chi connectivity index (χ1n) is 6.92. The second kappa shape index (κ2) is 5.56. The molecule has 1 aliphatic rings. The zero-order valence-corrected chi connectivity index (χ0v) is 12.2. The highest BCUT2D eigenvalue weighted by Gasteiger charge is 2.29. The van der Waals surface area contributed by atoms with Crippen LogP contribution in [-0.2, 0) is 4.79 Å². The normalized spacial score (nSPS) is 18.6. The number of aromatic nitrogens is 1. The Bertz CT molecular complexity index is 521. The van der Waals surface area contributed by atoms with Gasteiger partial charge in [0.2, 0.25) is 5.91 Å². The summed E-state index contributed by atoms with van der Waals surface area (Å²) in [6.07, 6.45) is 2.59. The summed E-state index contributed by atoms with van der Waals surface area (Å²) in [6, 6.07) is 1.95. The van der Waals surface area contributed by atoms with Crippen LogP contribution in [0.15, 0.2) is 12.3 Å². The summed E-state index contributed by atoms with van der Waals surface area (Å²) in [5, 5.41) is 2.86. The van der Waals surface area contributed by atoms with Crippen LogP contribution in [0.4, 0.5) is 5.69 Å². The number of nitrogens with two attached hydrogens (primary N) is 1. The predicted molar refractivity (Wildman–Crippen MR) is 77.4 cm³/mol. The number of likely N-dealkylation sites (tertiary alicyclic amines) is 1. The molecule has 6 heteroatoms. The van der Waals surface area contributed by atoms with Crippen molar-refractivity contribution in [3.63, 3.8) is 0 Å². The van der Waals surface area contributed by atoms with Crippen LogP contribution in [0.5, 0.6) is 0 Å². The van der Waals surface area contributed by atoms with Crippen molar-refractivity contribution in [1.82, 2.24) is 14.8 Å². The number of hydrogen-bond donors (Lipinski definition) is 2. The van der Waals surface area contributed by atoms with Gasteiger partial charge in [0.05, 0.1) is 5.69 Å². The molecule has 1 fully saturated rings. The molecule has 2 amide bonds. The van der Waals surface area contributed by atoms with E-state index in [-0.39, 0.29) is 23.9 Å². The summed E-state index contributed by atoms with van der Waals surface area (Å²) < 4.78 is 1.89. The largest absolute Gasteiger partial charge is 0.397 e. The van der Waals surface area contributed by atoms with Gasteiger partial charge in [-0.05, 0) is 26.3 Å². The molecule has 6 nitrogen and oxygen atoms in total. The number of nitrogen functional groups attached to an aromatic ring is 1. The predicted octanol–water partition coefficient (Wildman–Crippen LogP) is 1.00. The van der Waals surface area contributed by atoms with Crippen molar-refractivity contribution in [3.05, 3.63) is 18.0 Å². The third kappa shape index (κ3) is 2.95. The van der Waals surface area contributed by atoms with Gasteiger partial charge >= 0.3 is 0 Å². The molecule has 1 saturated heterocycles. The van der Waals surface area contributed by atoms with Gasteiger partial charge in [0.15, 0.2) is 0 Å². The molecule has 1 aromatic heterocycles. The number of anilines is 1. The lowest BCUT2D eigenvalue weighted by atomic mass is 10.2. The Morgan fingerprint density at radius 1 is 1.45 bits per heavy atom. The third-order valence-corrected chi connectivity index (χ3v) is 3.53. The molecule has 1 aliphatic heterocycles. The molecule has 0 aliphatic carbocycles. The van der Waals surface area contributed by atoms with Crippen LogP contribution in [0.2, 0.25) is 0 Å². The van der Waals surface area contributed by atoms with Crippen molar-refractivity contribution in [2.75, 3.05) is 18.8 Å². The molecule has 0 spiro atoms. The second-order valence-electron chi connectivity index (χ2n) is 5.60. The van der Waals surface area contributed by atoms with Crippen LogP contribution in [-0.4, -0.2) is 40.4 Å². The molecule has 20 heavy (non-hydrogen) atoms. The lowest BCUT2D eigenvalue weighted by molar-refractivity contribution is -0.119. The number of nitrogens with zero attached hydrogens (tertiary/aromatic N) is 2. The Balaban J connectivity index is 2.11. The van der Waals surface area contributed by atoms with E-state index in [9.17, 15) is 9.59 Å². The van der Waals surface area contributed by atoms with Crippen LogP contribution in [0.3, 0.4) is 0 Å². The van der Waals surface area contributed by atoms with Gasteiger partial charge in [-0.15, -0.1) is 0 Å². The minimum absolute atomic E-state index is 0.0248. The maximum absolute atomic E-state index is 12.6. The summed E-state index contributed by atoms with van der Waals surface area (Å²) in [6.45, 7) is 6.74. The van der Waals surface area contributed by atoms with E-state index < -0.39 is 0 Å². The molecular formula is C14H22N4O2. The number of carbonyl (C=O) groups is 2. The van der Waals surface area contributed by atoms with E-state index in [4.69, 9.17) is 5.73 Å². The van der Waals surface area contributed by atoms with E-state index in [0.29, 0.717) is 24.5 Å². The molecule has 2 heterocycles. The van der Waals surface area contributed by atoms with Crippen molar-refractivity contribution in [3.8, 4) is 0 Å². The number of nitrogens with one attached hydrogen (secondary N) is 1. The Morgan fingerprint density at radius 3 is 2.75 bits per heavy atom. The third-order valence-electron chi connectivity index (χ3n) is 3.53. The fourth-order valence-electron chi connectivity index (χ4n) is 2.61. The van der Waals surface area contributed by atoms with Crippen molar-refractivity contribution >= 4 is 17.5 Å². The smallest absolute Gasteiger partial charge is 0.270 e. The summed E-state index contributed by atoms with van der Waals surface area (Å²) >= 11 is 0. The molecule has 0 saturated carbocycles. The fraction of sp³-hybridized carbons (Fsp3) is 0.571. The Hall–Kier alpha value is -1.98. The number of carbonyl (C=O) groups excluding carboxylic acids is 2. The van der Waals surface area contributed by atoms with Crippen LogP contribution in [0, 0.1) is 0 Å². The van der Waals surface area contributed by atoms with Crippen molar-refractivity contribution in [2.45, 2.75) is 39.3 Å². The van der Waals surface area contributed by atoms with E-state index in [0.717, 1.165) is 6.42 Å². The SMILES string of the molecule is CC(=O)NC1CCN(C(=O)c2cc(N)cn2C(C)C)C1. The molecule has 3 N–H and O–H groups in total. The number of hydrogen-bond acceptors (Lipinski definition) is 3. The van der Waals surface area contributed by atoms with Crippen molar-refractivity contribution in [1.29, 1.82) is 0 Å². The maximum Gasteiger partial charge on any atom is 0.270 e. The van der Waals surface area contributed by atoms with E-state index in [1.54, 1.807) is 17.2 Å². The van der Waals surface area contributed by atoms with E-state index >= 15 is 0 Å². The van der Waals surface area contributed by atoms with Gasteiger partial charge in [-0.1, -0.05) is 0 Å². The van der Waals surface area contributed by atoms with Gasteiger partial charge in [0, 0.05) is 38.3 Å². The molecule has 0 aromatic carbocycles. The van der Waals surface area contributed by atoms with Crippen LogP contribution < -0.4 is 11.1 Å². The molecule has 110 valence electrons. The summed E-state index contributed by atoms with van der Waals surface area (Å²) in [7, 11) is 0. The van der Waals surface area contributed by atoms with Crippen LogP contribution >= 0.6 is 0 Å². The van der Waals surface area contributed by atoms with Gasteiger partial charge in [-0.25, -0.2) is 0 Å². The average molecular weight is 278 g/mol. The topological polar surface area (TPSA) is 80.4 Å². The standard InChI is InChI=1S/C14H22N4O2/c1-9(2)18-7-11(15)6-13(18)14(20)17-5-4-12(8-17)16-10(3)19/h6-7,9,12H,4-5,8,15H2,1-3H3,(H,16,19). The lowest BCUT2D eigenvalue weighted by Crippen LogP contribution is -2.37. The average Bonchev–Trinajstić information content (AvgIpc) is 2.94. The highest BCUT2D eigenvalue weighted by atomic mass is 16.2. The molecule has 0 bridgehead atoms. The minimum atomic E-state index is -0.0564. The summed E-state index contributed by atoms with van der Waals surface area (Å²) in [5.41, 5.74) is 7.01. The van der Waals surface area contributed by atoms with Crippen LogP contribution in [0.1, 0.15) is 43.7 Å². The number of amides is 2. The first kappa shape index (κ1) is 14.4. The zero-order chi connectivity index (χ0) is 14.9. The first-order chi connectivity index (χ1) is 9.38. The molecule has 2 rings (SSSR count). The Kier molecular flexibility index (Phi) is 4.01. The number of rotatable bonds is 3. The molecular weight excluding hydrogens is 256 g/mol. The van der Waals surface area contributed by atoms with Gasteiger partial charge < -0.3 is 20.5 Å².